The first-order chi connectivity index (χ1) is 8.99. The summed E-state index contributed by atoms with van der Waals surface area (Å²) in [5, 5.41) is 9.07. The van der Waals surface area contributed by atoms with Crippen LogP contribution in [0.25, 0.3) is 0 Å². The molecule has 0 radical (unpaired) electrons. The Kier molecular flexibility index (Phi) is 5.58. The van der Waals surface area contributed by atoms with Gasteiger partial charge in [0.25, 0.3) is 0 Å². The van der Waals surface area contributed by atoms with E-state index in [1.807, 2.05) is 13.8 Å². The van der Waals surface area contributed by atoms with E-state index >= 15 is 0 Å². The molecule has 2 unspecified atom stereocenters. The second-order valence-corrected chi connectivity index (χ2v) is 4.64. The summed E-state index contributed by atoms with van der Waals surface area (Å²) >= 11 is 4.87. The van der Waals surface area contributed by atoms with Gasteiger partial charge in [-0.2, -0.15) is 5.26 Å². The molecule has 100 valence electrons. The minimum absolute atomic E-state index is 0.134. The molecule has 0 spiro atoms. The molecule has 1 aromatic rings. The molecule has 0 aliphatic rings. The van der Waals surface area contributed by atoms with Crippen LogP contribution in [0.2, 0.25) is 0 Å². The molecule has 1 rings (SSSR count). The summed E-state index contributed by atoms with van der Waals surface area (Å²) in [6, 6.07) is 8.04. The van der Waals surface area contributed by atoms with Gasteiger partial charge in [-0.05, 0) is 31.0 Å². The molecule has 0 saturated carbocycles. The van der Waals surface area contributed by atoms with Crippen LogP contribution in [0, 0.1) is 23.1 Å². The van der Waals surface area contributed by atoms with Crippen molar-refractivity contribution in [2.75, 3.05) is 0 Å². The van der Waals surface area contributed by atoms with E-state index in [0.29, 0.717) is 12.1 Å². The number of hydrogen-bond donors (Lipinski definition) is 1. The second kappa shape index (κ2) is 6.95. The van der Waals surface area contributed by atoms with Gasteiger partial charge in [-0.25, -0.2) is 4.39 Å². The number of rotatable bonds is 5. The van der Waals surface area contributed by atoms with Gasteiger partial charge in [0, 0.05) is 5.71 Å². The standard InChI is InChI=1S/C14H16FN3S/c1-3-13(12(8-16)14(17)19)18-9(2)10-4-6-11(15)7-5-10/h4-7,9,12H,3H2,1-2H3,(H2,17,19). The van der Waals surface area contributed by atoms with Crippen molar-refractivity contribution in [1.29, 1.82) is 5.26 Å². The van der Waals surface area contributed by atoms with E-state index in [0.717, 1.165) is 5.56 Å². The van der Waals surface area contributed by atoms with Crippen molar-refractivity contribution in [1.82, 2.24) is 0 Å². The Balaban J connectivity index is 3.00. The molecule has 0 aliphatic heterocycles. The molecular formula is C14H16FN3S. The van der Waals surface area contributed by atoms with E-state index in [9.17, 15) is 4.39 Å². The fourth-order valence-corrected chi connectivity index (χ4v) is 1.93. The van der Waals surface area contributed by atoms with E-state index in [1.54, 1.807) is 12.1 Å². The van der Waals surface area contributed by atoms with E-state index < -0.39 is 5.92 Å². The van der Waals surface area contributed by atoms with Gasteiger partial charge in [0.2, 0.25) is 0 Å². The zero-order chi connectivity index (χ0) is 14.4. The minimum atomic E-state index is -0.636. The molecule has 0 bridgehead atoms. The summed E-state index contributed by atoms with van der Waals surface area (Å²) in [5.74, 6) is -0.920. The fraction of sp³-hybridized carbons (Fsp3) is 0.357. The summed E-state index contributed by atoms with van der Waals surface area (Å²) in [6.45, 7) is 3.79. The fourth-order valence-electron chi connectivity index (χ4n) is 1.74. The highest BCUT2D eigenvalue weighted by molar-refractivity contribution is 7.80. The normalized spacial score (nSPS) is 14.5. The molecule has 0 aliphatic carbocycles. The Hall–Kier alpha value is -1.80. The van der Waals surface area contributed by atoms with Crippen molar-refractivity contribution in [2.24, 2.45) is 16.6 Å². The predicted molar refractivity (Wildman–Crippen MR) is 78.4 cm³/mol. The van der Waals surface area contributed by atoms with Gasteiger partial charge in [-0.1, -0.05) is 31.3 Å². The van der Waals surface area contributed by atoms with Crippen molar-refractivity contribution in [3.05, 3.63) is 35.6 Å². The first-order valence-corrected chi connectivity index (χ1v) is 6.41. The Morgan fingerprint density at radius 3 is 2.47 bits per heavy atom. The maximum absolute atomic E-state index is 12.9. The zero-order valence-electron chi connectivity index (χ0n) is 10.9. The van der Waals surface area contributed by atoms with E-state index in [1.165, 1.54) is 12.1 Å². The van der Waals surface area contributed by atoms with Crippen LogP contribution in [0.3, 0.4) is 0 Å². The molecule has 1 aromatic carbocycles. The molecule has 0 heterocycles. The molecule has 2 atom stereocenters. The van der Waals surface area contributed by atoms with Crippen LogP contribution >= 0.6 is 12.2 Å². The van der Waals surface area contributed by atoms with Crippen molar-refractivity contribution >= 4 is 22.9 Å². The third kappa shape index (κ3) is 4.11. The molecule has 19 heavy (non-hydrogen) atoms. The lowest BCUT2D eigenvalue weighted by molar-refractivity contribution is 0.626. The number of nitrogens with two attached hydrogens (primary N) is 1. The molecule has 2 N–H and O–H groups in total. The number of nitriles is 1. The Morgan fingerprint density at radius 1 is 1.47 bits per heavy atom. The third-order valence-corrected chi connectivity index (χ3v) is 3.06. The molecule has 0 aromatic heterocycles. The van der Waals surface area contributed by atoms with Gasteiger partial charge in [0.1, 0.15) is 11.7 Å². The van der Waals surface area contributed by atoms with Crippen LogP contribution in [0.5, 0.6) is 0 Å². The number of benzene rings is 1. The number of halogens is 1. The maximum atomic E-state index is 12.9. The molecule has 0 amide bonds. The van der Waals surface area contributed by atoms with Crippen molar-refractivity contribution < 1.29 is 4.39 Å². The maximum Gasteiger partial charge on any atom is 0.134 e. The van der Waals surface area contributed by atoms with Crippen LogP contribution in [0.1, 0.15) is 31.9 Å². The number of hydrogen-bond acceptors (Lipinski definition) is 3. The van der Waals surface area contributed by atoms with Crippen molar-refractivity contribution in [2.45, 2.75) is 26.3 Å². The van der Waals surface area contributed by atoms with E-state index in [-0.39, 0.29) is 16.8 Å². The van der Waals surface area contributed by atoms with E-state index in [2.05, 4.69) is 11.1 Å². The zero-order valence-corrected chi connectivity index (χ0v) is 11.7. The van der Waals surface area contributed by atoms with Crippen molar-refractivity contribution in [3.63, 3.8) is 0 Å². The SMILES string of the molecule is CCC(=NC(C)c1ccc(F)cc1)C(C#N)C(N)=S. The van der Waals surface area contributed by atoms with Crippen LogP contribution in [0.4, 0.5) is 4.39 Å². The molecule has 3 nitrogen and oxygen atoms in total. The Bertz CT molecular complexity index is 516. The summed E-state index contributed by atoms with van der Waals surface area (Å²) in [5.41, 5.74) is 7.08. The second-order valence-electron chi connectivity index (χ2n) is 4.17. The summed E-state index contributed by atoms with van der Waals surface area (Å²) in [4.78, 5) is 4.63. The Labute approximate surface area is 118 Å². The molecule has 5 heteroatoms. The Morgan fingerprint density at radius 2 is 2.05 bits per heavy atom. The van der Waals surface area contributed by atoms with Gasteiger partial charge >= 0.3 is 0 Å². The molecular weight excluding hydrogens is 261 g/mol. The third-order valence-electron chi connectivity index (χ3n) is 2.82. The number of aliphatic imine (C=N–C) groups is 1. The number of thiocarbonyl (C=S) groups is 1. The predicted octanol–water partition coefficient (Wildman–Crippen LogP) is 3.16. The van der Waals surface area contributed by atoms with Crippen LogP contribution in [0.15, 0.2) is 29.3 Å². The lowest BCUT2D eigenvalue weighted by Crippen LogP contribution is -2.27. The monoisotopic (exact) mass is 277 g/mol. The van der Waals surface area contributed by atoms with Gasteiger partial charge in [-0.15, -0.1) is 0 Å². The highest BCUT2D eigenvalue weighted by Gasteiger charge is 2.18. The van der Waals surface area contributed by atoms with Crippen LogP contribution in [-0.4, -0.2) is 10.7 Å². The summed E-state index contributed by atoms with van der Waals surface area (Å²) in [7, 11) is 0. The van der Waals surface area contributed by atoms with Crippen molar-refractivity contribution in [3.8, 4) is 6.07 Å². The largest absolute Gasteiger partial charge is 0.392 e. The smallest absolute Gasteiger partial charge is 0.134 e. The minimum Gasteiger partial charge on any atom is -0.392 e. The van der Waals surface area contributed by atoms with Gasteiger partial charge in [0.05, 0.1) is 17.1 Å². The van der Waals surface area contributed by atoms with E-state index in [4.69, 9.17) is 23.2 Å². The highest BCUT2D eigenvalue weighted by Crippen LogP contribution is 2.19. The average Bonchev–Trinajstić information content (AvgIpc) is 2.38. The first-order valence-electron chi connectivity index (χ1n) is 6.00. The quantitative estimate of drug-likeness (QED) is 0.664. The lowest BCUT2D eigenvalue weighted by Gasteiger charge is -2.13. The van der Waals surface area contributed by atoms with Gasteiger partial charge in [0.15, 0.2) is 0 Å². The topological polar surface area (TPSA) is 62.2 Å². The summed E-state index contributed by atoms with van der Waals surface area (Å²) in [6.07, 6.45) is 0.598. The van der Waals surface area contributed by atoms with Crippen LogP contribution < -0.4 is 5.73 Å². The molecule has 0 fully saturated rings. The lowest BCUT2D eigenvalue weighted by atomic mass is 10.0. The number of nitrogens with zero attached hydrogens (tertiary/aromatic N) is 2. The van der Waals surface area contributed by atoms with Gasteiger partial charge in [-0.3, -0.25) is 4.99 Å². The highest BCUT2D eigenvalue weighted by atomic mass is 32.1. The summed E-state index contributed by atoms with van der Waals surface area (Å²) < 4.78 is 12.9. The first kappa shape index (κ1) is 15.3. The van der Waals surface area contributed by atoms with Gasteiger partial charge < -0.3 is 5.73 Å². The molecule has 0 saturated heterocycles. The van der Waals surface area contributed by atoms with Crippen LogP contribution in [-0.2, 0) is 0 Å². The average molecular weight is 277 g/mol.